The Morgan fingerprint density at radius 1 is 1.15 bits per heavy atom. The fraction of sp³-hybridized carbons (Fsp3) is 0.150. The molecule has 0 saturated carbocycles. The van der Waals surface area contributed by atoms with Crippen molar-refractivity contribution in [1.29, 1.82) is 0 Å². The summed E-state index contributed by atoms with van der Waals surface area (Å²) in [4.78, 5) is 17.9. The van der Waals surface area contributed by atoms with E-state index in [0.29, 0.717) is 28.1 Å². The smallest absolute Gasteiger partial charge is 0.341 e. The minimum absolute atomic E-state index is 0.304. The summed E-state index contributed by atoms with van der Waals surface area (Å²) in [6, 6.07) is 15.3. The molecular weight excluding hydrogens is 378 g/mol. The first kappa shape index (κ1) is 19.0. The third-order valence-corrected chi connectivity index (χ3v) is 4.98. The molecule has 3 rings (SSSR count). The number of nitrogens with zero attached hydrogens (tertiary/aromatic N) is 1. The molecule has 27 heavy (non-hydrogen) atoms. The van der Waals surface area contributed by atoms with Crippen LogP contribution in [0.2, 0.25) is 0 Å². The zero-order valence-electron chi connectivity index (χ0n) is 15.0. The molecule has 1 aromatic carbocycles. The van der Waals surface area contributed by atoms with Crippen molar-refractivity contribution in [2.24, 2.45) is 0 Å². The van der Waals surface area contributed by atoms with Crippen LogP contribution in [0.25, 0.3) is 11.1 Å². The van der Waals surface area contributed by atoms with Crippen molar-refractivity contribution in [2.45, 2.75) is 13.8 Å². The summed E-state index contributed by atoms with van der Waals surface area (Å²) in [6.45, 7) is 4.08. The molecule has 0 aliphatic carbocycles. The number of aryl methyl sites for hydroxylation is 1. The van der Waals surface area contributed by atoms with Crippen molar-refractivity contribution in [3.05, 3.63) is 65.2 Å². The molecule has 7 heteroatoms. The average Bonchev–Trinajstić information content (AvgIpc) is 2.99. The quantitative estimate of drug-likeness (QED) is 0.461. The second-order valence-corrected chi connectivity index (χ2v) is 7.25. The van der Waals surface area contributed by atoms with Gasteiger partial charge < -0.3 is 15.4 Å². The number of aromatic nitrogens is 1. The molecule has 0 aliphatic rings. The second-order valence-electron chi connectivity index (χ2n) is 5.62. The monoisotopic (exact) mass is 397 g/mol. The van der Waals surface area contributed by atoms with Crippen LogP contribution in [-0.4, -0.2) is 22.7 Å². The van der Waals surface area contributed by atoms with Crippen molar-refractivity contribution in [2.75, 3.05) is 17.2 Å². The third kappa shape index (κ3) is 4.50. The Morgan fingerprint density at radius 2 is 1.89 bits per heavy atom. The van der Waals surface area contributed by atoms with Crippen molar-refractivity contribution < 1.29 is 9.53 Å². The topological polar surface area (TPSA) is 63.2 Å². The molecule has 0 bridgehead atoms. The Labute approximate surface area is 167 Å². The molecule has 2 aromatic heterocycles. The lowest BCUT2D eigenvalue weighted by molar-refractivity contribution is 0.0529. The Hall–Kier alpha value is -2.77. The predicted molar refractivity (Wildman–Crippen MR) is 115 cm³/mol. The number of thiocarbonyl (C=S) groups is 1. The van der Waals surface area contributed by atoms with E-state index in [2.05, 4.69) is 15.6 Å². The zero-order chi connectivity index (χ0) is 19.2. The van der Waals surface area contributed by atoms with Gasteiger partial charge in [-0.2, -0.15) is 0 Å². The summed E-state index contributed by atoms with van der Waals surface area (Å²) in [7, 11) is 0. The normalized spacial score (nSPS) is 10.3. The Morgan fingerprint density at radius 3 is 2.56 bits per heavy atom. The maximum atomic E-state index is 12.7. The molecule has 2 N–H and O–H groups in total. The Bertz CT molecular complexity index is 941. The lowest BCUT2D eigenvalue weighted by Crippen LogP contribution is -2.20. The molecule has 0 saturated heterocycles. The summed E-state index contributed by atoms with van der Waals surface area (Å²) in [5, 5.41) is 7.16. The number of hydrogen-bond donors (Lipinski definition) is 2. The summed E-state index contributed by atoms with van der Waals surface area (Å²) in [5.74, 6) is 0.257. The van der Waals surface area contributed by atoms with Crippen LogP contribution in [0.3, 0.4) is 0 Å². The Kier molecular flexibility index (Phi) is 6.16. The van der Waals surface area contributed by atoms with Crippen LogP contribution in [-0.2, 0) is 4.74 Å². The van der Waals surface area contributed by atoms with E-state index < -0.39 is 0 Å². The predicted octanol–water partition coefficient (Wildman–Crippen LogP) is 5.10. The van der Waals surface area contributed by atoms with Gasteiger partial charge in [-0.3, -0.25) is 0 Å². The van der Waals surface area contributed by atoms with Gasteiger partial charge in [0, 0.05) is 16.6 Å². The van der Waals surface area contributed by atoms with E-state index in [0.717, 1.165) is 16.0 Å². The fourth-order valence-corrected chi connectivity index (χ4v) is 4.01. The van der Waals surface area contributed by atoms with Gasteiger partial charge in [0.05, 0.1) is 6.61 Å². The van der Waals surface area contributed by atoms with Crippen molar-refractivity contribution >= 4 is 45.5 Å². The molecule has 2 heterocycles. The second kappa shape index (κ2) is 8.75. The highest BCUT2D eigenvalue weighted by atomic mass is 32.1. The molecule has 138 valence electrons. The third-order valence-electron chi connectivity index (χ3n) is 3.76. The fourth-order valence-electron chi connectivity index (χ4n) is 2.67. The van der Waals surface area contributed by atoms with Crippen molar-refractivity contribution in [3.8, 4) is 11.1 Å². The van der Waals surface area contributed by atoms with Crippen LogP contribution in [0.4, 0.5) is 10.8 Å². The van der Waals surface area contributed by atoms with Gasteiger partial charge in [0.15, 0.2) is 5.11 Å². The molecule has 0 aliphatic heterocycles. The number of carbonyl (C=O) groups excluding carboxylic acids is 1. The number of benzene rings is 1. The van der Waals surface area contributed by atoms with Gasteiger partial charge >= 0.3 is 5.97 Å². The molecule has 3 aromatic rings. The van der Waals surface area contributed by atoms with Crippen LogP contribution in [0, 0.1) is 6.92 Å². The Balaban J connectivity index is 1.95. The van der Waals surface area contributed by atoms with Gasteiger partial charge in [-0.25, -0.2) is 9.78 Å². The number of hydrogen-bond acceptors (Lipinski definition) is 5. The molecule has 0 fully saturated rings. The number of carbonyl (C=O) groups is 1. The van der Waals surface area contributed by atoms with E-state index in [1.165, 1.54) is 11.3 Å². The highest BCUT2D eigenvalue weighted by Crippen LogP contribution is 2.40. The molecule has 5 nitrogen and oxygen atoms in total. The molecule has 0 atom stereocenters. The molecular formula is C20H19N3O2S2. The number of pyridine rings is 1. The first-order valence-corrected chi connectivity index (χ1v) is 9.67. The number of rotatable bonds is 5. The average molecular weight is 398 g/mol. The summed E-state index contributed by atoms with van der Waals surface area (Å²) in [5.41, 5.74) is 2.32. The van der Waals surface area contributed by atoms with Crippen LogP contribution in [0.15, 0.2) is 54.7 Å². The van der Waals surface area contributed by atoms with Gasteiger partial charge in [0.1, 0.15) is 16.4 Å². The minimum atomic E-state index is -0.371. The summed E-state index contributed by atoms with van der Waals surface area (Å²) >= 11 is 6.86. The molecule has 0 spiro atoms. The standard InChI is InChI=1S/C20H19N3O2S2/c1-3-25-19(24)17-16(14-9-5-4-6-10-14)13(2)27-18(17)23-20(26)22-15-11-7-8-12-21-15/h4-12H,3H2,1-2H3,(H2,21,22,23,26). The van der Waals surface area contributed by atoms with E-state index in [1.807, 2.05) is 55.5 Å². The number of nitrogens with one attached hydrogen (secondary N) is 2. The van der Waals surface area contributed by atoms with Crippen molar-refractivity contribution in [1.82, 2.24) is 4.98 Å². The number of esters is 1. The maximum Gasteiger partial charge on any atom is 0.341 e. The zero-order valence-corrected chi connectivity index (χ0v) is 16.6. The first-order chi connectivity index (χ1) is 13.1. The molecule has 0 unspecified atom stereocenters. The van der Waals surface area contributed by atoms with Gasteiger partial charge in [-0.1, -0.05) is 36.4 Å². The summed E-state index contributed by atoms with van der Waals surface area (Å²) in [6.07, 6.45) is 1.68. The largest absolute Gasteiger partial charge is 0.462 e. The van der Waals surface area contributed by atoms with E-state index in [1.54, 1.807) is 13.1 Å². The highest BCUT2D eigenvalue weighted by molar-refractivity contribution is 7.80. The van der Waals surface area contributed by atoms with Crippen LogP contribution >= 0.6 is 23.6 Å². The number of anilines is 2. The van der Waals surface area contributed by atoms with E-state index in [-0.39, 0.29) is 5.97 Å². The van der Waals surface area contributed by atoms with E-state index in [4.69, 9.17) is 17.0 Å². The molecule has 0 amide bonds. The lowest BCUT2D eigenvalue weighted by Gasteiger charge is -2.11. The van der Waals surface area contributed by atoms with Gasteiger partial charge in [0.2, 0.25) is 0 Å². The number of ether oxygens (including phenoxy) is 1. The van der Waals surface area contributed by atoms with Gasteiger partial charge in [-0.05, 0) is 43.8 Å². The SMILES string of the molecule is CCOC(=O)c1c(NC(=S)Nc2ccccn2)sc(C)c1-c1ccccc1. The highest BCUT2D eigenvalue weighted by Gasteiger charge is 2.24. The van der Waals surface area contributed by atoms with Gasteiger partial charge in [-0.15, -0.1) is 11.3 Å². The lowest BCUT2D eigenvalue weighted by atomic mass is 10.0. The first-order valence-electron chi connectivity index (χ1n) is 8.45. The van der Waals surface area contributed by atoms with Crippen molar-refractivity contribution in [3.63, 3.8) is 0 Å². The number of thiophene rings is 1. The van der Waals surface area contributed by atoms with E-state index >= 15 is 0 Å². The van der Waals surface area contributed by atoms with Crippen LogP contribution in [0.5, 0.6) is 0 Å². The molecule has 0 radical (unpaired) electrons. The van der Waals surface area contributed by atoms with E-state index in [9.17, 15) is 4.79 Å². The van der Waals surface area contributed by atoms with Gasteiger partial charge in [0.25, 0.3) is 0 Å². The summed E-state index contributed by atoms with van der Waals surface area (Å²) < 4.78 is 5.30. The maximum absolute atomic E-state index is 12.7. The van der Waals surface area contributed by atoms with Crippen LogP contribution in [0.1, 0.15) is 22.2 Å². The minimum Gasteiger partial charge on any atom is -0.462 e. The van der Waals surface area contributed by atoms with Crippen LogP contribution < -0.4 is 10.6 Å².